The molecular formula is C5N18. The Labute approximate surface area is 123 Å². The first-order chi connectivity index (χ1) is 11.2. The molecule has 0 bridgehead atoms. The molecule has 1 rings (SSSR count). The SMILES string of the molecule is [N-]=[N+]=NC1=C(N=[N+]=[N-])C(N=[N+]=[N-])(N=[N+]=[N-])C(N=[N+]=[N-])=C1N=[N+]=[N-]. The fraction of sp³-hybridized carbons (Fsp3) is 0.200. The maximum Gasteiger partial charge on any atom is 0.182 e. The smallest absolute Gasteiger partial charge is 0.0719 e. The third-order valence-electron chi connectivity index (χ3n) is 2.29. The molecule has 0 fully saturated rings. The highest BCUT2D eigenvalue weighted by Gasteiger charge is 2.45. The molecule has 0 aliphatic heterocycles. The largest absolute Gasteiger partial charge is 0.182 e. The lowest BCUT2D eigenvalue weighted by Gasteiger charge is -2.19. The molecule has 0 aromatic heterocycles. The molecule has 0 atom stereocenters. The van der Waals surface area contributed by atoms with Crippen molar-refractivity contribution < 1.29 is 0 Å². The lowest BCUT2D eigenvalue weighted by atomic mass is 10.1. The van der Waals surface area contributed by atoms with Crippen molar-refractivity contribution in [2.45, 2.75) is 5.66 Å². The summed E-state index contributed by atoms with van der Waals surface area (Å²) in [6, 6.07) is 0. The summed E-state index contributed by atoms with van der Waals surface area (Å²) in [6.45, 7) is 0. The van der Waals surface area contributed by atoms with Gasteiger partial charge in [-0.25, -0.2) is 0 Å². The summed E-state index contributed by atoms with van der Waals surface area (Å²) in [4.78, 5) is 14.5. The Kier molecular flexibility index (Phi) is 5.14. The minimum atomic E-state index is -2.52. The number of rotatable bonds is 6. The van der Waals surface area contributed by atoms with Crippen LogP contribution in [0.25, 0.3) is 62.7 Å². The van der Waals surface area contributed by atoms with Crippen LogP contribution in [0.5, 0.6) is 0 Å². The van der Waals surface area contributed by atoms with Gasteiger partial charge < -0.3 is 0 Å². The third kappa shape index (κ3) is 2.64. The molecule has 1 aliphatic rings. The number of hydrogen-bond acceptors (Lipinski definition) is 6. The summed E-state index contributed by atoms with van der Waals surface area (Å²) < 4.78 is 0. The van der Waals surface area contributed by atoms with Gasteiger partial charge in [-0.1, -0.05) is 30.7 Å². The molecule has 0 heterocycles. The van der Waals surface area contributed by atoms with E-state index in [0.29, 0.717) is 0 Å². The van der Waals surface area contributed by atoms with E-state index in [1.165, 1.54) is 0 Å². The molecule has 0 saturated carbocycles. The van der Waals surface area contributed by atoms with Crippen molar-refractivity contribution in [2.24, 2.45) is 30.7 Å². The van der Waals surface area contributed by atoms with E-state index < -0.39 is 28.5 Å². The molecule has 0 radical (unpaired) electrons. The molecular weight excluding hydrogens is 312 g/mol. The lowest BCUT2D eigenvalue weighted by Crippen LogP contribution is -2.24. The summed E-state index contributed by atoms with van der Waals surface area (Å²) in [6.07, 6.45) is 0. The van der Waals surface area contributed by atoms with Crippen molar-refractivity contribution in [3.63, 3.8) is 0 Å². The molecule has 23 heavy (non-hydrogen) atoms. The van der Waals surface area contributed by atoms with E-state index in [0.717, 1.165) is 0 Å². The van der Waals surface area contributed by atoms with E-state index in [-0.39, 0.29) is 0 Å². The van der Waals surface area contributed by atoms with Gasteiger partial charge in [0.05, 0.1) is 11.4 Å². The van der Waals surface area contributed by atoms with Gasteiger partial charge in [0.15, 0.2) is 5.66 Å². The highest BCUT2D eigenvalue weighted by molar-refractivity contribution is 5.55. The van der Waals surface area contributed by atoms with Crippen molar-refractivity contribution in [3.8, 4) is 0 Å². The van der Waals surface area contributed by atoms with Crippen LogP contribution >= 0.6 is 0 Å². The highest BCUT2D eigenvalue weighted by atomic mass is 15.4. The molecule has 0 unspecified atom stereocenters. The number of azide groups is 5. The molecule has 0 saturated heterocycles. The second-order valence-electron chi connectivity index (χ2n) is 3.20. The Morgan fingerprint density at radius 2 is 0.870 bits per heavy atom. The molecule has 0 amide bonds. The van der Waals surface area contributed by atoms with Crippen LogP contribution in [0, 0.1) is 0 Å². The quantitative estimate of drug-likeness (QED) is 0.355. The van der Waals surface area contributed by atoms with E-state index in [1.54, 1.807) is 0 Å². The monoisotopic (exact) mass is 312 g/mol. The maximum atomic E-state index is 8.68. The Hall–Kier alpha value is -4.66. The molecule has 0 aromatic carbocycles. The highest BCUT2D eigenvalue weighted by Crippen LogP contribution is 2.47. The van der Waals surface area contributed by atoms with Crippen LogP contribution in [0.15, 0.2) is 53.5 Å². The molecule has 0 aromatic rings. The predicted molar refractivity (Wildman–Crippen MR) is 71.7 cm³/mol. The zero-order chi connectivity index (χ0) is 17.3. The fourth-order valence-electron chi connectivity index (χ4n) is 1.61. The van der Waals surface area contributed by atoms with Crippen molar-refractivity contribution >= 4 is 0 Å². The first kappa shape index (κ1) is 16.4. The molecule has 110 valence electrons. The van der Waals surface area contributed by atoms with Gasteiger partial charge in [0.25, 0.3) is 0 Å². The van der Waals surface area contributed by atoms with Gasteiger partial charge in [-0.15, -0.1) is 0 Å². The molecule has 18 nitrogen and oxygen atoms in total. The van der Waals surface area contributed by atoms with Gasteiger partial charge in [0.1, 0.15) is 0 Å². The van der Waals surface area contributed by atoms with Crippen LogP contribution in [0.4, 0.5) is 0 Å². The van der Waals surface area contributed by atoms with Gasteiger partial charge in [-0.05, 0) is 33.2 Å². The van der Waals surface area contributed by atoms with Crippen molar-refractivity contribution in [1.29, 1.82) is 0 Å². The van der Waals surface area contributed by atoms with E-state index in [4.69, 9.17) is 33.2 Å². The number of nitrogens with zero attached hydrogens (tertiary/aromatic N) is 18. The van der Waals surface area contributed by atoms with Crippen LogP contribution in [0.1, 0.15) is 0 Å². The summed E-state index contributed by atoms with van der Waals surface area (Å²) in [5.41, 5.74) is 46.5. The Balaban J connectivity index is 4.23. The van der Waals surface area contributed by atoms with Crippen LogP contribution in [-0.2, 0) is 0 Å². The zero-order valence-electron chi connectivity index (χ0n) is 10.5. The topological polar surface area (TPSA) is 293 Å². The normalized spacial score (nSPS) is 18.3. The van der Waals surface area contributed by atoms with Crippen LogP contribution in [0.2, 0.25) is 0 Å². The standard InChI is InChI=1S/C5N18/c6-18-12-1-2(13-19-7)4(15-21-9)5(16-22-10,17-23-11)3(1)14-20-8. The molecule has 18 heteroatoms. The average molecular weight is 312 g/mol. The van der Waals surface area contributed by atoms with Crippen LogP contribution in [0.3, 0.4) is 0 Å². The second-order valence-corrected chi connectivity index (χ2v) is 3.20. The van der Waals surface area contributed by atoms with E-state index in [1.807, 2.05) is 0 Å². The minimum absolute atomic E-state index is 0.620. The first-order valence-electron chi connectivity index (χ1n) is 4.99. The Morgan fingerprint density at radius 3 is 1.13 bits per heavy atom. The van der Waals surface area contributed by atoms with Crippen molar-refractivity contribution in [2.75, 3.05) is 0 Å². The summed E-state index contributed by atoms with van der Waals surface area (Å²) in [5, 5.41) is 18.9. The van der Waals surface area contributed by atoms with Gasteiger partial charge in [0.2, 0.25) is 0 Å². The fourth-order valence-corrected chi connectivity index (χ4v) is 1.61. The summed E-state index contributed by atoms with van der Waals surface area (Å²) in [5.74, 6) is 0. The van der Waals surface area contributed by atoms with Crippen molar-refractivity contribution in [3.05, 3.63) is 85.4 Å². The van der Waals surface area contributed by atoms with Gasteiger partial charge >= 0.3 is 0 Å². The molecule has 0 N–H and O–H groups in total. The Morgan fingerprint density at radius 1 is 0.522 bits per heavy atom. The van der Waals surface area contributed by atoms with E-state index >= 15 is 0 Å². The summed E-state index contributed by atoms with van der Waals surface area (Å²) >= 11 is 0. The van der Waals surface area contributed by atoms with Gasteiger partial charge in [0, 0.05) is 40.9 Å². The summed E-state index contributed by atoms with van der Waals surface area (Å²) in [7, 11) is 0. The van der Waals surface area contributed by atoms with Gasteiger partial charge in [-0.3, -0.25) is 0 Å². The second kappa shape index (κ2) is 7.21. The average Bonchev–Trinajstić information content (AvgIpc) is 2.74. The van der Waals surface area contributed by atoms with Crippen LogP contribution in [-0.4, -0.2) is 5.66 Å². The number of hydrogen-bond donors (Lipinski definition) is 0. The maximum absolute atomic E-state index is 8.68. The Bertz CT molecular complexity index is 813. The van der Waals surface area contributed by atoms with Crippen molar-refractivity contribution in [1.82, 2.24) is 0 Å². The molecule has 0 spiro atoms. The lowest BCUT2D eigenvalue weighted by molar-refractivity contribution is 0.592. The predicted octanol–water partition coefficient (Wildman–Crippen LogP) is 4.98. The van der Waals surface area contributed by atoms with Gasteiger partial charge in [-0.2, -0.15) is 0 Å². The van der Waals surface area contributed by atoms with E-state index in [9.17, 15) is 0 Å². The molecule has 1 aliphatic carbocycles. The zero-order valence-corrected chi connectivity index (χ0v) is 10.5. The van der Waals surface area contributed by atoms with E-state index in [2.05, 4.69) is 60.2 Å². The first-order valence-corrected chi connectivity index (χ1v) is 4.99. The minimum Gasteiger partial charge on any atom is -0.0719 e. The van der Waals surface area contributed by atoms with Crippen LogP contribution < -0.4 is 0 Å². The third-order valence-corrected chi connectivity index (χ3v) is 2.29.